The van der Waals surface area contributed by atoms with E-state index in [1.165, 1.54) is 12.0 Å². The number of pyridine rings is 2. The number of anilines is 4. The molecule has 340 valence electrons. The second-order valence-corrected chi connectivity index (χ2v) is 18.2. The third-order valence-corrected chi connectivity index (χ3v) is 12.9. The summed E-state index contributed by atoms with van der Waals surface area (Å²) >= 11 is 0. The summed E-state index contributed by atoms with van der Waals surface area (Å²) in [6.07, 6.45) is 13.0. The molecule has 2 aliphatic carbocycles. The number of alkyl carbamates (subject to hydrolysis) is 1. The van der Waals surface area contributed by atoms with E-state index in [1.54, 1.807) is 12.4 Å². The summed E-state index contributed by atoms with van der Waals surface area (Å²) in [7, 11) is 0. The van der Waals surface area contributed by atoms with Crippen molar-refractivity contribution in [2.75, 3.05) is 10.6 Å². The number of para-hydroxylation sites is 2. The lowest BCUT2D eigenvalue weighted by Gasteiger charge is -2.43. The van der Waals surface area contributed by atoms with Gasteiger partial charge in [0, 0.05) is 51.6 Å². The smallest absolute Gasteiger partial charge is 0.408 e. The second-order valence-electron chi connectivity index (χ2n) is 18.2. The highest BCUT2D eigenvalue weighted by Gasteiger charge is 2.41. The normalized spacial score (nSPS) is 15.1. The molecule has 14 nitrogen and oxygen atoms in total. The van der Waals surface area contributed by atoms with E-state index in [2.05, 4.69) is 99.4 Å². The molecule has 0 radical (unpaired) electrons. The van der Waals surface area contributed by atoms with Gasteiger partial charge in [0.05, 0.1) is 40.7 Å². The maximum Gasteiger partial charge on any atom is 0.408 e. The molecule has 4 aliphatic rings. The van der Waals surface area contributed by atoms with Gasteiger partial charge in [-0.3, -0.25) is 19.1 Å². The molecule has 2 fully saturated rings. The molecule has 1 amide bonds. The van der Waals surface area contributed by atoms with Gasteiger partial charge < -0.3 is 26.4 Å². The Morgan fingerprint density at radius 1 is 0.597 bits per heavy atom. The van der Waals surface area contributed by atoms with Crippen molar-refractivity contribution >= 4 is 53.7 Å². The predicted octanol–water partition coefficient (Wildman–Crippen LogP) is 11.2. The van der Waals surface area contributed by atoms with Crippen molar-refractivity contribution in [1.29, 1.82) is 0 Å². The van der Waals surface area contributed by atoms with E-state index >= 15 is 0 Å². The Bertz CT molecular complexity index is 3100. The van der Waals surface area contributed by atoms with Crippen molar-refractivity contribution in [3.05, 3.63) is 145 Å². The van der Waals surface area contributed by atoms with Crippen LogP contribution >= 0.6 is 24.8 Å². The van der Waals surface area contributed by atoms with Crippen LogP contribution in [0.3, 0.4) is 0 Å². The van der Waals surface area contributed by atoms with Crippen molar-refractivity contribution < 1.29 is 9.53 Å². The molecule has 0 bridgehead atoms. The first kappa shape index (κ1) is 45.0. The molecule has 0 unspecified atom stereocenters. The zero-order chi connectivity index (χ0) is 44.3. The zero-order valence-electron chi connectivity index (χ0n) is 37.2. The molecule has 2 aliphatic heterocycles. The summed E-state index contributed by atoms with van der Waals surface area (Å²) in [4.78, 5) is 21.3. The van der Waals surface area contributed by atoms with Crippen LogP contribution in [0.1, 0.15) is 70.4 Å². The molecule has 4 aromatic heterocycles. The highest BCUT2D eigenvalue weighted by molar-refractivity contribution is 5.87. The number of amides is 1. The van der Waals surface area contributed by atoms with Crippen LogP contribution in [0.5, 0.6) is 0 Å². The van der Waals surface area contributed by atoms with Crippen LogP contribution in [0.2, 0.25) is 0 Å². The summed E-state index contributed by atoms with van der Waals surface area (Å²) in [5.41, 5.74) is 17.2. The SMILES string of the molecule is CC(C)(C)OC(=O)NC1(c2ccc(-c3nnc4n3-c3cnccc3Nc3ccccc3-4)cc2)CCC1.Cl.Cl.NC1(c2ccc(-c3nnc4n3-c3cnccc3Nc3ccccc3-4)cc2)CCC1. The van der Waals surface area contributed by atoms with E-state index in [4.69, 9.17) is 10.5 Å². The summed E-state index contributed by atoms with van der Waals surface area (Å²) in [6, 6.07) is 36.8. The molecule has 5 N–H and O–H groups in total. The number of benzene rings is 4. The molecule has 4 aromatic carbocycles. The average Bonchev–Trinajstić information content (AvgIpc) is 3.86. The lowest BCUT2D eigenvalue weighted by molar-refractivity contribution is 0.0377. The highest BCUT2D eigenvalue weighted by Crippen LogP contribution is 2.45. The fourth-order valence-corrected chi connectivity index (χ4v) is 9.20. The van der Waals surface area contributed by atoms with Crippen molar-refractivity contribution in [2.45, 2.75) is 76.0 Å². The van der Waals surface area contributed by atoms with E-state index in [9.17, 15) is 4.79 Å². The van der Waals surface area contributed by atoms with Gasteiger partial charge in [0.25, 0.3) is 0 Å². The number of hydrogen-bond donors (Lipinski definition) is 4. The number of aromatic nitrogens is 8. The topological polar surface area (TPSA) is 176 Å². The molecular formula is C51H50Cl2N12O2. The molecule has 0 atom stereocenters. The average molecular weight is 934 g/mol. The van der Waals surface area contributed by atoms with E-state index in [-0.39, 0.29) is 36.4 Å². The lowest BCUT2D eigenvalue weighted by Crippen LogP contribution is -2.52. The minimum Gasteiger partial charge on any atom is -0.444 e. The summed E-state index contributed by atoms with van der Waals surface area (Å²) < 4.78 is 9.66. The minimum absolute atomic E-state index is 0. The summed E-state index contributed by atoms with van der Waals surface area (Å²) in [5, 5.41) is 28.4. The Kier molecular flexibility index (Phi) is 11.8. The maximum atomic E-state index is 12.5. The van der Waals surface area contributed by atoms with Gasteiger partial charge in [0.2, 0.25) is 0 Å². The number of hydrogen-bond acceptors (Lipinski definition) is 11. The minimum atomic E-state index is -0.539. The number of carbonyl (C=O) groups is 1. The molecule has 0 saturated heterocycles. The Hall–Kier alpha value is -7.13. The van der Waals surface area contributed by atoms with Crippen LogP contribution in [0.15, 0.2) is 134 Å². The Morgan fingerprint density at radius 3 is 1.48 bits per heavy atom. The van der Waals surface area contributed by atoms with Crippen LogP contribution in [0.4, 0.5) is 27.5 Å². The maximum absolute atomic E-state index is 12.5. The molecule has 0 spiro atoms. The number of nitrogens with zero attached hydrogens (tertiary/aromatic N) is 8. The highest BCUT2D eigenvalue weighted by atomic mass is 35.5. The fraction of sp³-hybridized carbons (Fsp3) is 0.235. The number of nitrogens with two attached hydrogens (primary N) is 1. The van der Waals surface area contributed by atoms with Gasteiger partial charge in [-0.15, -0.1) is 45.2 Å². The van der Waals surface area contributed by atoms with E-state index < -0.39 is 11.1 Å². The standard InChI is InChI=1S/C28H28N6O2.C23H20N6.2ClH/c1-27(2,3)36-26(35)31-28(14-6-15-28)19-11-9-18(10-12-19)24-32-33-25-20-7-4-5-8-21(20)30-22-13-16-29-17-23(22)34(24)25;24-23(11-3-12-23)16-8-6-15(7-9-16)21-27-28-22-17-4-1-2-5-18(17)26-19-10-13-25-14-20(19)29(21)22;;/h4-5,7-13,16-17,30H,6,14-15H2,1-3H3,(H,31,35);1-2,4-10,13-14,26H,3,11-12,24H2;2*1H. The first-order valence-electron chi connectivity index (χ1n) is 22.1. The molecule has 67 heavy (non-hydrogen) atoms. The molecule has 2 saturated carbocycles. The largest absolute Gasteiger partial charge is 0.444 e. The first-order valence-corrected chi connectivity index (χ1v) is 22.1. The van der Waals surface area contributed by atoms with Crippen molar-refractivity contribution in [3.63, 3.8) is 0 Å². The quantitative estimate of drug-likeness (QED) is 0.129. The monoisotopic (exact) mass is 932 g/mol. The Morgan fingerprint density at radius 2 is 1.04 bits per heavy atom. The van der Waals surface area contributed by atoms with Gasteiger partial charge >= 0.3 is 6.09 Å². The Labute approximate surface area is 400 Å². The van der Waals surface area contributed by atoms with Gasteiger partial charge in [0.1, 0.15) is 5.60 Å². The molecule has 6 heterocycles. The molecule has 8 aromatic rings. The zero-order valence-corrected chi connectivity index (χ0v) is 38.9. The molecule has 16 heteroatoms. The molecule has 12 rings (SSSR count). The Balaban J connectivity index is 0.000000166. The number of carbonyl (C=O) groups excluding carboxylic acids is 1. The van der Waals surface area contributed by atoms with Crippen LogP contribution in [-0.2, 0) is 15.8 Å². The third-order valence-electron chi connectivity index (χ3n) is 12.9. The van der Waals surface area contributed by atoms with Crippen LogP contribution < -0.4 is 21.7 Å². The number of fused-ring (bicyclic) bond motifs is 10. The first-order chi connectivity index (χ1) is 31.6. The number of nitrogens with one attached hydrogen (secondary N) is 3. The van der Waals surface area contributed by atoms with Crippen molar-refractivity contribution in [2.24, 2.45) is 5.73 Å². The van der Waals surface area contributed by atoms with E-state index in [1.807, 2.05) is 98.4 Å². The number of halogens is 2. The van der Waals surface area contributed by atoms with Crippen LogP contribution in [0.25, 0.3) is 56.9 Å². The number of rotatable bonds is 5. The van der Waals surface area contributed by atoms with Gasteiger partial charge in [-0.05, 0) is 107 Å². The van der Waals surface area contributed by atoms with Crippen molar-refractivity contribution in [1.82, 2.24) is 44.8 Å². The molecular weight excluding hydrogens is 884 g/mol. The van der Waals surface area contributed by atoms with E-state index in [0.717, 1.165) is 117 Å². The summed E-state index contributed by atoms with van der Waals surface area (Å²) in [5.74, 6) is 3.07. The van der Waals surface area contributed by atoms with Gasteiger partial charge in [-0.1, -0.05) is 72.8 Å². The van der Waals surface area contributed by atoms with E-state index in [0.29, 0.717) is 0 Å². The van der Waals surface area contributed by atoms with Gasteiger partial charge in [-0.25, -0.2) is 4.79 Å². The fourth-order valence-electron chi connectivity index (χ4n) is 9.20. The predicted molar refractivity (Wildman–Crippen MR) is 266 cm³/mol. The van der Waals surface area contributed by atoms with Crippen molar-refractivity contribution in [3.8, 4) is 56.9 Å². The second kappa shape index (κ2) is 17.6. The third kappa shape index (κ3) is 8.15. The van der Waals surface area contributed by atoms with Crippen LogP contribution in [-0.4, -0.2) is 51.2 Å². The number of ether oxygens (including phenoxy) is 1. The summed E-state index contributed by atoms with van der Waals surface area (Å²) in [6.45, 7) is 5.62. The lowest BCUT2D eigenvalue weighted by atomic mass is 9.72. The van der Waals surface area contributed by atoms with Gasteiger partial charge in [-0.2, -0.15) is 0 Å². The van der Waals surface area contributed by atoms with Gasteiger partial charge in [0.15, 0.2) is 23.3 Å². The van der Waals surface area contributed by atoms with Crippen LogP contribution in [0, 0.1) is 0 Å².